The highest BCUT2D eigenvalue weighted by molar-refractivity contribution is 6.00. The number of aromatic nitrogens is 2. The van der Waals surface area contributed by atoms with Gasteiger partial charge in [-0.2, -0.15) is 4.98 Å². The molecule has 4 rings (SSSR count). The van der Waals surface area contributed by atoms with Crippen LogP contribution in [0.4, 0.5) is 0 Å². The van der Waals surface area contributed by atoms with Gasteiger partial charge in [0.25, 0.3) is 11.7 Å². The first-order valence-electron chi connectivity index (χ1n) is 10.2. The van der Waals surface area contributed by atoms with Gasteiger partial charge in [0.15, 0.2) is 0 Å². The van der Waals surface area contributed by atoms with Gasteiger partial charge < -0.3 is 19.0 Å². The van der Waals surface area contributed by atoms with Crippen molar-refractivity contribution < 1.29 is 23.7 Å². The van der Waals surface area contributed by atoms with Crippen molar-refractivity contribution in [2.24, 2.45) is 5.16 Å². The Morgan fingerprint density at radius 2 is 1.84 bits per heavy atom. The Morgan fingerprint density at radius 3 is 2.53 bits per heavy atom. The SMILES string of the molecule is CCOC(=O)c1noc([C@@H]2C/C(=N\OC)CN2C(=O)c2ccc(-c3ccccc3)cc2)n1. The van der Waals surface area contributed by atoms with Crippen LogP contribution in [0.3, 0.4) is 0 Å². The minimum atomic E-state index is -0.680. The summed E-state index contributed by atoms with van der Waals surface area (Å²) in [7, 11) is 1.44. The molecule has 2 aromatic carbocycles. The quantitative estimate of drug-likeness (QED) is 0.432. The molecule has 0 saturated carbocycles. The number of hydrogen-bond acceptors (Lipinski definition) is 8. The number of benzene rings is 2. The zero-order valence-electron chi connectivity index (χ0n) is 17.7. The number of amides is 1. The van der Waals surface area contributed by atoms with Crippen molar-refractivity contribution in [3.63, 3.8) is 0 Å². The van der Waals surface area contributed by atoms with Crippen molar-refractivity contribution in [2.75, 3.05) is 20.3 Å². The molecule has 164 valence electrons. The lowest BCUT2D eigenvalue weighted by Gasteiger charge is -2.21. The standard InChI is InChI=1S/C23H22N4O5/c1-3-31-23(29)20-24-21(32-26-20)19-13-18(25-30-2)14-27(19)22(28)17-11-9-16(10-12-17)15-7-5-4-6-8-15/h4-12,19H,3,13-14H2,1-2H3/b25-18+/t19-/m0/s1. The average molecular weight is 434 g/mol. The molecule has 3 aromatic rings. The first-order valence-corrected chi connectivity index (χ1v) is 10.2. The first-order chi connectivity index (χ1) is 15.6. The van der Waals surface area contributed by atoms with E-state index in [4.69, 9.17) is 14.1 Å². The van der Waals surface area contributed by atoms with Crippen LogP contribution < -0.4 is 0 Å². The number of hydrogen-bond donors (Lipinski definition) is 0. The van der Waals surface area contributed by atoms with Crippen LogP contribution in [0, 0.1) is 0 Å². The number of oxime groups is 1. The Kier molecular flexibility index (Phi) is 6.25. The fraction of sp³-hybridized carbons (Fsp3) is 0.261. The van der Waals surface area contributed by atoms with Crippen molar-refractivity contribution >= 4 is 17.6 Å². The number of carbonyl (C=O) groups is 2. The smallest absolute Gasteiger partial charge is 0.379 e. The number of esters is 1. The molecule has 0 bridgehead atoms. The summed E-state index contributed by atoms with van der Waals surface area (Å²) in [6, 6.07) is 16.7. The summed E-state index contributed by atoms with van der Waals surface area (Å²) in [6.45, 7) is 2.13. The third-order valence-electron chi connectivity index (χ3n) is 5.06. The molecule has 1 saturated heterocycles. The van der Waals surface area contributed by atoms with Crippen molar-refractivity contribution in [3.8, 4) is 11.1 Å². The molecule has 0 aliphatic carbocycles. The van der Waals surface area contributed by atoms with Gasteiger partial charge in [-0.25, -0.2) is 4.79 Å². The van der Waals surface area contributed by atoms with E-state index >= 15 is 0 Å². The van der Waals surface area contributed by atoms with Crippen LogP contribution in [0.25, 0.3) is 11.1 Å². The van der Waals surface area contributed by atoms with Gasteiger partial charge in [-0.05, 0) is 35.3 Å². The highest BCUT2D eigenvalue weighted by atomic mass is 16.6. The summed E-state index contributed by atoms with van der Waals surface area (Å²) in [4.78, 5) is 35.8. The molecule has 9 nitrogen and oxygen atoms in total. The van der Waals surface area contributed by atoms with E-state index in [0.29, 0.717) is 17.7 Å². The van der Waals surface area contributed by atoms with Crippen molar-refractivity contribution in [3.05, 3.63) is 71.9 Å². The minimum Gasteiger partial charge on any atom is -0.460 e. The largest absolute Gasteiger partial charge is 0.460 e. The summed E-state index contributed by atoms with van der Waals surface area (Å²) in [5.74, 6) is -0.935. The Labute approximate surface area is 184 Å². The van der Waals surface area contributed by atoms with Gasteiger partial charge in [0.1, 0.15) is 13.2 Å². The fourth-order valence-corrected chi connectivity index (χ4v) is 3.58. The van der Waals surface area contributed by atoms with E-state index in [2.05, 4.69) is 15.3 Å². The molecular formula is C23H22N4O5. The van der Waals surface area contributed by atoms with Crippen molar-refractivity contribution in [1.82, 2.24) is 15.0 Å². The van der Waals surface area contributed by atoms with E-state index in [1.165, 1.54) is 7.11 Å². The van der Waals surface area contributed by atoms with Gasteiger partial charge in [0.05, 0.1) is 18.9 Å². The molecule has 1 aliphatic rings. The normalized spacial score (nSPS) is 16.9. The third-order valence-corrected chi connectivity index (χ3v) is 5.06. The van der Waals surface area contributed by atoms with E-state index in [1.54, 1.807) is 24.0 Å². The summed E-state index contributed by atoms with van der Waals surface area (Å²) in [6.07, 6.45) is 0.353. The molecule has 0 radical (unpaired) electrons. The molecule has 1 amide bonds. The van der Waals surface area contributed by atoms with Gasteiger partial charge in [0.2, 0.25) is 5.89 Å². The van der Waals surface area contributed by atoms with E-state index in [0.717, 1.165) is 11.1 Å². The second-order valence-corrected chi connectivity index (χ2v) is 7.11. The van der Waals surface area contributed by atoms with Crippen LogP contribution in [0.2, 0.25) is 0 Å². The number of rotatable bonds is 6. The molecule has 2 heterocycles. The molecular weight excluding hydrogens is 412 g/mol. The molecule has 1 aliphatic heterocycles. The maximum atomic E-state index is 13.3. The first kappa shape index (κ1) is 21.2. The lowest BCUT2D eigenvalue weighted by Crippen LogP contribution is -2.31. The Morgan fingerprint density at radius 1 is 1.12 bits per heavy atom. The molecule has 0 N–H and O–H groups in total. The van der Waals surface area contributed by atoms with E-state index in [9.17, 15) is 9.59 Å². The Balaban J connectivity index is 1.59. The van der Waals surface area contributed by atoms with E-state index < -0.39 is 12.0 Å². The Hall–Kier alpha value is -4.01. The molecule has 32 heavy (non-hydrogen) atoms. The van der Waals surface area contributed by atoms with Crippen LogP contribution in [0.1, 0.15) is 46.3 Å². The summed E-state index contributed by atoms with van der Waals surface area (Å²) >= 11 is 0. The van der Waals surface area contributed by atoms with Crippen LogP contribution in [-0.2, 0) is 9.57 Å². The molecule has 1 atom stereocenters. The highest BCUT2D eigenvalue weighted by Gasteiger charge is 2.39. The lowest BCUT2D eigenvalue weighted by atomic mass is 10.0. The van der Waals surface area contributed by atoms with Gasteiger partial charge in [-0.3, -0.25) is 4.79 Å². The zero-order valence-corrected chi connectivity index (χ0v) is 17.7. The second kappa shape index (κ2) is 9.42. The molecule has 1 fully saturated rings. The summed E-state index contributed by atoms with van der Waals surface area (Å²) in [5, 5.41) is 7.68. The van der Waals surface area contributed by atoms with Gasteiger partial charge in [-0.1, -0.05) is 47.6 Å². The van der Waals surface area contributed by atoms with Crippen LogP contribution in [0.5, 0.6) is 0 Å². The molecule has 1 aromatic heterocycles. The predicted molar refractivity (Wildman–Crippen MR) is 115 cm³/mol. The third kappa shape index (κ3) is 4.36. The van der Waals surface area contributed by atoms with E-state index in [-0.39, 0.29) is 30.8 Å². The van der Waals surface area contributed by atoms with E-state index in [1.807, 2.05) is 42.5 Å². The fourth-order valence-electron chi connectivity index (χ4n) is 3.58. The second-order valence-electron chi connectivity index (χ2n) is 7.11. The number of carbonyl (C=O) groups excluding carboxylic acids is 2. The Bertz CT molecular complexity index is 1120. The van der Waals surface area contributed by atoms with Crippen LogP contribution >= 0.6 is 0 Å². The van der Waals surface area contributed by atoms with Gasteiger partial charge >= 0.3 is 5.97 Å². The van der Waals surface area contributed by atoms with Crippen LogP contribution in [0.15, 0.2) is 64.3 Å². The molecule has 9 heteroatoms. The van der Waals surface area contributed by atoms with Gasteiger partial charge in [0, 0.05) is 12.0 Å². The van der Waals surface area contributed by atoms with Crippen molar-refractivity contribution in [1.29, 1.82) is 0 Å². The van der Waals surface area contributed by atoms with Crippen LogP contribution in [-0.4, -0.2) is 52.9 Å². The maximum absolute atomic E-state index is 13.3. The predicted octanol–water partition coefficient (Wildman–Crippen LogP) is 3.50. The minimum absolute atomic E-state index is 0.142. The topological polar surface area (TPSA) is 107 Å². The number of likely N-dealkylation sites (tertiary alicyclic amines) is 1. The lowest BCUT2D eigenvalue weighted by molar-refractivity contribution is 0.0508. The molecule has 0 spiro atoms. The summed E-state index contributed by atoms with van der Waals surface area (Å²) in [5.41, 5.74) is 3.25. The maximum Gasteiger partial charge on any atom is 0.379 e. The number of nitrogens with zero attached hydrogens (tertiary/aromatic N) is 4. The van der Waals surface area contributed by atoms with Gasteiger partial charge in [-0.15, -0.1) is 0 Å². The van der Waals surface area contributed by atoms with Crippen molar-refractivity contribution in [2.45, 2.75) is 19.4 Å². The zero-order chi connectivity index (χ0) is 22.5. The molecule has 0 unspecified atom stereocenters. The highest BCUT2D eigenvalue weighted by Crippen LogP contribution is 2.32. The monoisotopic (exact) mass is 434 g/mol. The average Bonchev–Trinajstić information content (AvgIpc) is 3.47. The number of ether oxygens (including phenoxy) is 1. The summed E-state index contributed by atoms with van der Waals surface area (Å²) < 4.78 is 10.2.